The topological polar surface area (TPSA) is 21.3 Å². The third kappa shape index (κ3) is 7.08. The molecular weight excluding hydrogens is 837 g/mol. The SMILES string of the molecule is c1ccc(-c2ccccc2-c2cccc(N(c3ccc(-c4ccc(-c5ccccc5-n5c6ccccc6c6ccccc65)cc4)cc3)c3cccc(-c4cccc5c4oc4ccccc45)c3)c2)cc1. The molecule has 0 unspecified atom stereocenters. The zero-order valence-electron chi connectivity index (χ0n) is 37.7. The summed E-state index contributed by atoms with van der Waals surface area (Å²) in [5.74, 6) is 0. The van der Waals surface area contributed by atoms with Crippen LogP contribution in [0.4, 0.5) is 17.1 Å². The van der Waals surface area contributed by atoms with Gasteiger partial charge in [-0.15, -0.1) is 0 Å². The van der Waals surface area contributed by atoms with Crippen molar-refractivity contribution in [2.24, 2.45) is 0 Å². The van der Waals surface area contributed by atoms with Crippen LogP contribution in [0.15, 0.2) is 271 Å². The van der Waals surface area contributed by atoms with E-state index in [1.807, 2.05) is 12.1 Å². The van der Waals surface area contributed by atoms with Crippen LogP contribution >= 0.6 is 0 Å². The van der Waals surface area contributed by atoms with Crippen LogP contribution in [-0.4, -0.2) is 4.57 Å². The molecule has 324 valence electrons. The van der Waals surface area contributed by atoms with E-state index in [0.717, 1.165) is 72.5 Å². The van der Waals surface area contributed by atoms with Gasteiger partial charge in [-0.1, -0.05) is 206 Å². The Morgan fingerprint density at radius 2 is 0.725 bits per heavy atom. The molecular formula is C66H44N2O. The normalized spacial score (nSPS) is 11.5. The fraction of sp³-hybridized carbons (Fsp3) is 0. The first-order valence-corrected chi connectivity index (χ1v) is 23.6. The Labute approximate surface area is 401 Å². The van der Waals surface area contributed by atoms with Crippen LogP contribution in [0, 0.1) is 0 Å². The molecule has 2 heterocycles. The van der Waals surface area contributed by atoms with Gasteiger partial charge in [0.2, 0.25) is 0 Å². The summed E-state index contributed by atoms with van der Waals surface area (Å²) in [6, 6.07) is 96.0. The van der Waals surface area contributed by atoms with Crippen LogP contribution in [0.2, 0.25) is 0 Å². The fourth-order valence-corrected chi connectivity index (χ4v) is 10.4. The number of aromatic nitrogens is 1. The van der Waals surface area contributed by atoms with Gasteiger partial charge in [-0.05, 0) is 105 Å². The third-order valence-corrected chi connectivity index (χ3v) is 13.6. The molecule has 3 heteroatoms. The van der Waals surface area contributed by atoms with E-state index in [1.165, 1.54) is 49.6 Å². The zero-order valence-corrected chi connectivity index (χ0v) is 37.7. The van der Waals surface area contributed by atoms with Gasteiger partial charge >= 0.3 is 0 Å². The average Bonchev–Trinajstić information content (AvgIpc) is 3.98. The molecule has 0 amide bonds. The monoisotopic (exact) mass is 880 g/mol. The molecule has 13 aromatic rings. The Kier molecular flexibility index (Phi) is 9.84. The molecule has 2 aromatic heterocycles. The van der Waals surface area contributed by atoms with E-state index in [2.05, 4.69) is 264 Å². The van der Waals surface area contributed by atoms with E-state index in [0.29, 0.717) is 0 Å². The maximum Gasteiger partial charge on any atom is 0.143 e. The average molecular weight is 881 g/mol. The molecule has 0 saturated heterocycles. The minimum Gasteiger partial charge on any atom is -0.455 e. The van der Waals surface area contributed by atoms with E-state index in [-0.39, 0.29) is 0 Å². The molecule has 0 fully saturated rings. The number of fused-ring (bicyclic) bond motifs is 6. The first-order chi connectivity index (χ1) is 34.2. The van der Waals surface area contributed by atoms with Crippen molar-refractivity contribution in [3.05, 3.63) is 267 Å². The summed E-state index contributed by atoms with van der Waals surface area (Å²) in [6.45, 7) is 0. The lowest BCUT2D eigenvalue weighted by atomic mass is 9.94. The number of hydrogen-bond donors (Lipinski definition) is 0. The minimum atomic E-state index is 0.893. The van der Waals surface area contributed by atoms with Crippen molar-refractivity contribution < 1.29 is 4.42 Å². The Bertz CT molecular complexity index is 3960. The largest absolute Gasteiger partial charge is 0.455 e. The zero-order chi connectivity index (χ0) is 45.7. The molecule has 3 nitrogen and oxygen atoms in total. The van der Waals surface area contributed by atoms with Crippen LogP contribution in [0.1, 0.15) is 0 Å². The Morgan fingerprint density at radius 1 is 0.275 bits per heavy atom. The Balaban J connectivity index is 0.889. The van der Waals surface area contributed by atoms with Gasteiger partial charge in [0.1, 0.15) is 11.2 Å². The number of benzene rings is 11. The van der Waals surface area contributed by atoms with Crippen molar-refractivity contribution in [2.45, 2.75) is 0 Å². The maximum absolute atomic E-state index is 6.55. The minimum absolute atomic E-state index is 0.893. The summed E-state index contributed by atoms with van der Waals surface area (Å²) in [7, 11) is 0. The standard InChI is InChI=1S/C66H44N2O/c1-2-17-47(18-3-1)54-23-4-5-24-55(54)49-19-14-21-52(43-49)67(53-22-15-20-50(44-53)57-29-16-30-61-60-28-9-13-34-65(60)69-66(57)61)51-41-39-46(40-42-51)45-35-37-48(38-36-45)56-25-6-10-31-62(56)68-63-32-11-7-26-58(63)59-27-8-12-33-64(59)68/h1-44H. The molecule has 0 aliphatic heterocycles. The van der Waals surface area contributed by atoms with Gasteiger partial charge in [0, 0.05) is 49.7 Å². The van der Waals surface area contributed by atoms with Crippen LogP contribution in [0.5, 0.6) is 0 Å². The van der Waals surface area contributed by atoms with Crippen LogP contribution in [0.25, 0.3) is 105 Å². The lowest BCUT2D eigenvalue weighted by Crippen LogP contribution is -2.10. The Morgan fingerprint density at radius 3 is 1.41 bits per heavy atom. The molecule has 0 bridgehead atoms. The van der Waals surface area contributed by atoms with Crippen molar-refractivity contribution in [3.63, 3.8) is 0 Å². The van der Waals surface area contributed by atoms with Crippen LogP contribution in [0.3, 0.4) is 0 Å². The summed E-state index contributed by atoms with van der Waals surface area (Å²) in [5, 5.41) is 4.76. The van der Waals surface area contributed by atoms with Crippen molar-refractivity contribution >= 4 is 60.8 Å². The van der Waals surface area contributed by atoms with E-state index in [1.54, 1.807) is 0 Å². The summed E-state index contributed by atoms with van der Waals surface area (Å²) in [4.78, 5) is 2.37. The first-order valence-electron chi connectivity index (χ1n) is 23.6. The lowest BCUT2D eigenvalue weighted by molar-refractivity contribution is 0.670. The van der Waals surface area contributed by atoms with Gasteiger partial charge in [0.05, 0.1) is 16.7 Å². The third-order valence-electron chi connectivity index (χ3n) is 13.6. The second-order valence-electron chi connectivity index (χ2n) is 17.6. The van der Waals surface area contributed by atoms with E-state index < -0.39 is 0 Å². The predicted molar refractivity (Wildman–Crippen MR) is 290 cm³/mol. The van der Waals surface area contributed by atoms with Crippen molar-refractivity contribution in [3.8, 4) is 61.3 Å². The van der Waals surface area contributed by atoms with Crippen LogP contribution < -0.4 is 4.90 Å². The second-order valence-corrected chi connectivity index (χ2v) is 17.6. The van der Waals surface area contributed by atoms with Gasteiger partial charge in [0.15, 0.2) is 0 Å². The van der Waals surface area contributed by atoms with Crippen molar-refractivity contribution in [1.29, 1.82) is 0 Å². The van der Waals surface area contributed by atoms with E-state index >= 15 is 0 Å². The van der Waals surface area contributed by atoms with Crippen LogP contribution in [-0.2, 0) is 0 Å². The lowest BCUT2D eigenvalue weighted by Gasteiger charge is -2.27. The summed E-state index contributed by atoms with van der Waals surface area (Å²) in [6.07, 6.45) is 0. The number of furan rings is 1. The number of anilines is 3. The van der Waals surface area contributed by atoms with Gasteiger partial charge in [-0.2, -0.15) is 0 Å². The predicted octanol–water partition coefficient (Wildman–Crippen LogP) is 18.5. The van der Waals surface area contributed by atoms with Crippen molar-refractivity contribution in [2.75, 3.05) is 4.90 Å². The van der Waals surface area contributed by atoms with Gasteiger partial charge in [0.25, 0.3) is 0 Å². The molecule has 11 aromatic carbocycles. The highest BCUT2D eigenvalue weighted by atomic mass is 16.3. The molecule has 0 N–H and O–H groups in total. The highest BCUT2D eigenvalue weighted by Gasteiger charge is 2.19. The van der Waals surface area contributed by atoms with Gasteiger partial charge in [-0.25, -0.2) is 0 Å². The molecule has 0 spiro atoms. The Hall–Kier alpha value is -9.18. The van der Waals surface area contributed by atoms with Crippen molar-refractivity contribution in [1.82, 2.24) is 4.57 Å². The first kappa shape index (κ1) is 40.1. The molecule has 69 heavy (non-hydrogen) atoms. The highest BCUT2D eigenvalue weighted by Crippen LogP contribution is 2.43. The summed E-state index contributed by atoms with van der Waals surface area (Å²) in [5.41, 5.74) is 20.1. The molecule has 0 saturated carbocycles. The maximum atomic E-state index is 6.55. The summed E-state index contributed by atoms with van der Waals surface area (Å²) >= 11 is 0. The number of nitrogens with zero attached hydrogens (tertiary/aromatic N) is 2. The quantitative estimate of drug-likeness (QED) is 0.144. The summed E-state index contributed by atoms with van der Waals surface area (Å²) < 4.78 is 8.95. The smallest absolute Gasteiger partial charge is 0.143 e. The highest BCUT2D eigenvalue weighted by molar-refractivity contribution is 6.11. The molecule has 0 atom stereocenters. The number of rotatable bonds is 9. The van der Waals surface area contributed by atoms with Gasteiger partial charge < -0.3 is 13.9 Å². The number of para-hydroxylation sites is 5. The second kappa shape index (κ2) is 16.9. The molecule has 0 aliphatic rings. The van der Waals surface area contributed by atoms with E-state index in [4.69, 9.17) is 4.42 Å². The number of hydrogen-bond acceptors (Lipinski definition) is 2. The van der Waals surface area contributed by atoms with E-state index in [9.17, 15) is 0 Å². The van der Waals surface area contributed by atoms with Gasteiger partial charge in [-0.3, -0.25) is 0 Å². The molecule has 13 rings (SSSR count). The molecule has 0 radical (unpaired) electrons. The molecule has 0 aliphatic carbocycles. The fourth-order valence-electron chi connectivity index (χ4n) is 10.4.